The van der Waals surface area contributed by atoms with Crippen molar-refractivity contribution in [1.29, 1.82) is 0 Å². The fourth-order valence-corrected chi connectivity index (χ4v) is 4.85. The fraction of sp³-hybridized carbons (Fsp3) is 0.471. The van der Waals surface area contributed by atoms with E-state index < -0.39 is 0 Å². The zero-order chi connectivity index (χ0) is 16.7. The van der Waals surface area contributed by atoms with Crippen molar-refractivity contribution >= 4 is 23.4 Å². The number of thioether (sulfide) groups is 1. The van der Waals surface area contributed by atoms with E-state index in [-0.39, 0.29) is 5.91 Å². The van der Waals surface area contributed by atoms with E-state index >= 15 is 0 Å². The summed E-state index contributed by atoms with van der Waals surface area (Å²) >= 11 is 1.77. The van der Waals surface area contributed by atoms with E-state index in [1.165, 1.54) is 12.8 Å². The van der Waals surface area contributed by atoms with Gasteiger partial charge in [0.25, 0.3) is 5.91 Å². The molecule has 0 aromatic carbocycles. The number of carbonyl (C=O) groups excluding carboxylic acids is 1. The first-order valence-corrected chi connectivity index (χ1v) is 8.90. The summed E-state index contributed by atoms with van der Waals surface area (Å²) < 4.78 is 7.21. The fourth-order valence-electron chi connectivity index (χ4n) is 3.31. The van der Waals surface area contributed by atoms with Crippen molar-refractivity contribution < 1.29 is 9.53 Å². The Hall–Kier alpha value is -1.86. The molecule has 2 aliphatic rings. The minimum atomic E-state index is -0.0812. The predicted octanol–water partition coefficient (Wildman–Crippen LogP) is 2.36. The van der Waals surface area contributed by atoms with E-state index in [1.807, 2.05) is 23.7 Å². The van der Waals surface area contributed by atoms with Gasteiger partial charge in [-0.1, -0.05) is 11.8 Å². The molecule has 1 spiro atoms. The highest BCUT2D eigenvalue weighted by Gasteiger charge is 2.50. The van der Waals surface area contributed by atoms with Crippen LogP contribution in [0.4, 0.5) is 5.69 Å². The molecule has 6 nitrogen and oxygen atoms in total. The molecule has 1 saturated carbocycles. The number of ether oxygens (including phenoxy) is 1. The molecule has 2 fully saturated rings. The van der Waals surface area contributed by atoms with Gasteiger partial charge in [0.15, 0.2) is 5.16 Å². The van der Waals surface area contributed by atoms with Gasteiger partial charge in [-0.2, -0.15) is 0 Å². The predicted molar refractivity (Wildman–Crippen MR) is 92.3 cm³/mol. The lowest BCUT2D eigenvalue weighted by molar-refractivity contribution is -0.152. The molecule has 0 atom stereocenters. The maximum Gasteiger partial charge on any atom is 0.276 e. The summed E-state index contributed by atoms with van der Waals surface area (Å²) in [4.78, 5) is 22.8. The summed E-state index contributed by atoms with van der Waals surface area (Å²) in [6, 6.07) is 3.69. The zero-order valence-corrected chi connectivity index (χ0v) is 14.6. The Morgan fingerprint density at radius 1 is 1.42 bits per heavy atom. The van der Waals surface area contributed by atoms with Crippen molar-refractivity contribution in [3.8, 4) is 0 Å². The van der Waals surface area contributed by atoms with Gasteiger partial charge in [-0.15, -0.1) is 0 Å². The number of anilines is 1. The molecule has 1 saturated heterocycles. The maximum atomic E-state index is 12.7. The van der Waals surface area contributed by atoms with Crippen LogP contribution in [0.25, 0.3) is 0 Å². The van der Waals surface area contributed by atoms with Crippen LogP contribution in [0.3, 0.4) is 0 Å². The number of aromatic nitrogens is 3. The largest absolute Gasteiger partial charge is 0.380 e. The average Bonchev–Trinajstić information content (AvgIpc) is 2.89. The lowest BCUT2D eigenvalue weighted by Crippen LogP contribution is -2.53. The van der Waals surface area contributed by atoms with E-state index in [9.17, 15) is 4.79 Å². The van der Waals surface area contributed by atoms with Gasteiger partial charge >= 0.3 is 0 Å². The Morgan fingerprint density at radius 3 is 2.83 bits per heavy atom. The third-order valence-corrected chi connectivity index (χ3v) is 6.17. The summed E-state index contributed by atoms with van der Waals surface area (Å²) in [5, 5.41) is 1.48. The van der Waals surface area contributed by atoms with Gasteiger partial charge in [0.05, 0.1) is 31.3 Å². The number of hydrogen-bond donors (Lipinski definition) is 0. The van der Waals surface area contributed by atoms with Crippen molar-refractivity contribution in [2.45, 2.75) is 23.2 Å². The molecule has 0 bridgehead atoms. The van der Waals surface area contributed by atoms with E-state index in [1.54, 1.807) is 42.3 Å². The molecule has 0 unspecified atom stereocenters. The molecular weight excluding hydrogens is 324 g/mol. The molecule has 1 aliphatic carbocycles. The molecule has 3 heterocycles. The van der Waals surface area contributed by atoms with Gasteiger partial charge in [0, 0.05) is 31.0 Å². The number of carbonyl (C=O) groups is 1. The average molecular weight is 344 g/mol. The molecule has 2 aromatic heterocycles. The quantitative estimate of drug-likeness (QED) is 0.852. The lowest BCUT2D eigenvalue weighted by atomic mass is 9.67. The Bertz CT molecular complexity index is 749. The molecule has 1 amide bonds. The second-order valence-corrected chi connectivity index (χ2v) is 7.97. The first-order chi connectivity index (χ1) is 11.6. The van der Waals surface area contributed by atoms with Gasteiger partial charge in [0.1, 0.15) is 5.69 Å². The SMILES string of the molecule is CN(C(=O)c1cnc(SC2CC3(COC3)C2)n1C)c1cccnc1. The monoisotopic (exact) mass is 344 g/mol. The van der Waals surface area contributed by atoms with Crippen LogP contribution >= 0.6 is 11.8 Å². The van der Waals surface area contributed by atoms with Crippen LogP contribution in [0.2, 0.25) is 0 Å². The summed E-state index contributed by atoms with van der Waals surface area (Å²) in [5.74, 6) is -0.0812. The van der Waals surface area contributed by atoms with Crippen LogP contribution in [-0.2, 0) is 11.8 Å². The van der Waals surface area contributed by atoms with Crippen LogP contribution in [0.5, 0.6) is 0 Å². The number of hydrogen-bond acceptors (Lipinski definition) is 5. The van der Waals surface area contributed by atoms with E-state index in [2.05, 4.69) is 9.97 Å². The van der Waals surface area contributed by atoms with Gasteiger partial charge < -0.3 is 14.2 Å². The van der Waals surface area contributed by atoms with E-state index in [0.29, 0.717) is 16.4 Å². The van der Waals surface area contributed by atoms with Gasteiger partial charge in [-0.05, 0) is 25.0 Å². The van der Waals surface area contributed by atoms with Gasteiger partial charge in [0.2, 0.25) is 0 Å². The van der Waals surface area contributed by atoms with Gasteiger partial charge in [-0.3, -0.25) is 9.78 Å². The molecule has 2 aromatic rings. The highest BCUT2D eigenvalue weighted by atomic mass is 32.2. The Morgan fingerprint density at radius 2 is 2.21 bits per heavy atom. The molecule has 0 radical (unpaired) electrons. The minimum absolute atomic E-state index is 0.0812. The number of imidazole rings is 1. The second-order valence-electron chi connectivity index (χ2n) is 6.70. The maximum absolute atomic E-state index is 12.7. The van der Waals surface area contributed by atoms with Crippen molar-refractivity contribution in [2.24, 2.45) is 12.5 Å². The van der Waals surface area contributed by atoms with Gasteiger partial charge in [-0.25, -0.2) is 4.98 Å². The normalized spacial score (nSPS) is 18.9. The Labute approximate surface area is 145 Å². The number of amides is 1. The number of pyridine rings is 1. The zero-order valence-electron chi connectivity index (χ0n) is 13.8. The summed E-state index contributed by atoms with van der Waals surface area (Å²) in [6.07, 6.45) is 7.41. The summed E-state index contributed by atoms with van der Waals surface area (Å²) in [7, 11) is 3.66. The first kappa shape index (κ1) is 15.7. The number of nitrogens with zero attached hydrogens (tertiary/aromatic N) is 4. The van der Waals surface area contributed by atoms with Crippen molar-refractivity contribution in [3.05, 3.63) is 36.4 Å². The lowest BCUT2D eigenvalue weighted by Gasteiger charge is -2.52. The molecule has 24 heavy (non-hydrogen) atoms. The number of rotatable bonds is 4. The Balaban J connectivity index is 1.45. The molecular formula is C17H20N4O2S. The van der Waals surface area contributed by atoms with Crippen LogP contribution < -0.4 is 4.90 Å². The Kier molecular flexibility index (Phi) is 3.85. The van der Waals surface area contributed by atoms with Crippen LogP contribution in [-0.4, -0.2) is 46.0 Å². The van der Waals surface area contributed by atoms with Crippen molar-refractivity contribution in [1.82, 2.24) is 14.5 Å². The third-order valence-electron chi connectivity index (χ3n) is 4.91. The first-order valence-electron chi connectivity index (χ1n) is 8.02. The third kappa shape index (κ3) is 2.61. The van der Waals surface area contributed by atoms with E-state index in [0.717, 1.165) is 24.1 Å². The van der Waals surface area contributed by atoms with Crippen molar-refractivity contribution in [3.63, 3.8) is 0 Å². The molecule has 4 rings (SSSR count). The highest BCUT2D eigenvalue weighted by molar-refractivity contribution is 7.99. The smallest absolute Gasteiger partial charge is 0.276 e. The molecule has 1 aliphatic heterocycles. The molecule has 7 heteroatoms. The standard InChI is InChI=1S/C17H20N4O2S/c1-20(12-4-3-5-18-8-12)15(22)14-9-19-16(21(14)2)24-13-6-17(7-13)10-23-11-17/h3-5,8-9,13H,6-7,10-11H2,1-2H3. The topological polar surface area (TPSA) is 60.3 Å². The summed E-state index contributed by atoms with van der Waals surface area (Å²) in [5.41, 5.74) is 1.80. The molecule has 126 valence electrons. The van der Waals surface area contributed by atoms with E-state index in [4.69, 9.17) is 4.74 Å². The van der Waals surface area contributed by atoms with Crippen LogP contribution in [0.1, 0.15) is 23.3 Å². The molecule has 0 N–H and O–H groups in total. The summed E-state index contributed by atoms with van der Waals surface area (Å²) in [6.45, 7) is 1.81. The van der Waals surface area contributed by atoms with Crippen LogP contribution in [0.15, 0.2) is 35.9 Å². The van der Waals surface area contributed by atoms with Crippen LogP contribution in [0, 0.1) is 5.41 Å². The highest BCUT2D eigenvalue weighted by Crippen LogP contribution is 2.52. The second kappa shape index (κ2) is 5.89. The minimum Gasteiger partial charge on any atom is -0.380 e. The van der Waals surface area contributed by atoms with Crippen molar-refractivity contribution in [2.75, 3.05) is 25.2 Å².